The number of hydrogen-bond acceptors (Lipinski definition) is 3. The van der Waals surface area contributed by atoms with Gasteiger partial charge in [-0.05, 0) is 24.3 Å². The van der Waals surface area contributed by atoms with Gasteiger partial charge in [0, 0.05) is 11.8 Å². The number of benzene rings is 2. The number of hydrogen-bond donors (Lipinski definition) is 2. The lowest BCUT2D eigenvalue weighted by molar-refractivity contribution is 0.102. The Balaban J connectivity index is 2.26. The first-order valence-electron chi connectivity index (χ1n) is 5.72. The molecule has 3 N–H and O–H groups in total. The number of ether oxygens (including phenoxy) is 1. The van der Waals surface area contributed by atoms with E-state index in [0.29, 0.717) is 5.69 Å². The summed E-state index contributed by atoms with van der Waals surface area (Å²) >= 11 is 0. The first-order chi connectivity index (χ1) is 9.52. The molecule has 0 fully saturated rings. The second kappa shape index (κ2) is 5.56. The molecule has 0 heterocycles. The molecule has 0 unspecified atom stereocenters. The number of nitrogens with two attached hydrogens (primary N) is 1. The van der Waals surface area contributed by atoms with E-state index in [2.05, 4.69) is 5.32 Å². The molecule has 0 radical (unpaired) electrons. The van der Waals surface area contributed by atoms with E-state index in [0.717, 1.165) is 12.1 Å². The quantitative estimate of drug-likeness (QED) is 0.848. The molecule has 0 aliphatic rings. The van der Waals surface area contributed by atoms with Gasteiger partial charge in [-0.15, -0.1) is 0 Å². The van der Waals surface area contributed by atoms with Gasteiger partial charge in [-0.1, -0.05) is 6.07 Å². The van der Waals surface area contributed by atoms with Crippen LogP contribution in [-0.4, -0.2) is 13.0 Å². The minimum absolute atomic E-state index is 0.00462. The van der Waals surface area contributed by atoms with Crippen LogP contribution in [0.25, 0.3) is 0 Å². The van der Waals surface area contributed by atoms with Crippen molar-refractivity contribution in [1.29, 1.82) is 0 Å². The third-order valence-corrected chi connectivity index (χ3v) is 2.71. The first kappa shape index (κ1) is 13.8. The maximum Gasteiger partial charge on any atom is 0.257 e. The monoisotopic (exact) mass is 278 g/mol. The van der Waals surface area contributed by atoms with Crippen LogP contribution in [0.2, 0.25) is 0 Å². The number of amides is 1. The normalized spacial score (nSPS) is 10.2. The van der Waals surface area contributed by atoms with E-state index >= 15 is 0 Å². The van der Waals surface area contributed by atoms with Crippen LogP contribution in [0.15, 0.2) is 36.4 Å². The number of para-hydroxylation sites is 1. The maximum absolute atomic E-state index is 13.3. The molecule has 2 aromatic carbocycles. The van der Waals surface area contributed by atoms with Gasteiger partial charge in [0.2, 0.25) is 0 Å². The lowest BCUT2D eigenvalue weighted by Gasteiger charge is -2.09. The SMILES string of the molecule is COc1cc(NC(=O)c2cccc(F)c2N)ccc1F. The molecule has 0 saturated heterocycles. The predicted octanol–water partition coefficient (Wildman–Crippen LogP) is 2.81. The van der Waals surface area contributed by atoms with Crippen LogP contribution < -0.4 is 15.8 Å². The summed E-state index contributed by atoms with van der Waals surface area (Å²) < 4.78 is 31.3. The lowest BCUT2D eigenvalue weighted by atomic mass is 10.1. The summed E-state index contributed by atoms with van der Waals surface area (Å²) in [5.74, 6) is -1.81. The van der Waals surface area contributed by atoms with Crippen LogP contribution in [0.4, 0.5) is 20.2 Å². The van der Waals surface area contributed by atoms with E-state index in [4.69, 9.17) is 10.5 Å². The van der Waals surface area contributed by atoms with Gasteiger partial charge in [0.05, 0.1) is 18.4 Å². The van der Waals surface area contributed by atoms with E-state index in [9.17, 15) is 13.6 Å². The molecule has 0 saturated carbocycles. The van der Waals surface area contributed by atoms with Gasteiger partial charge in [-0.2, -0.15) is 0 Å². The highest BCUT2D eigenvalue weighted by Crippen LogP contribution is 2.23. The Bertz CT molecular complexity index is 660. The summed E-state index contributed by atoms with van der Waals surface area (Å²) in [4.78, 5) is 12.0. The van der Waals surface area contributed by atoms with Gasteiger partial charge in [0.25, 0.3) is 5.91 Å². The number of methoxy groups -OCH3 is 1. The Morgan fingerprint density at radius 3 is 2.65 bits per heavy atom. The topological polar surface area (TPSA) is 64.3 Å². The van der Waals surface area contributed by atoms with Crippen LogP contribution in [-0.2, 0) is 0 Å². The fraction of sp³-hybridized carbons (Fsp3) is 0.0714. The molecule has 0 bridgehead atoms. The van der Waals surface area contributed by atoms with Crippen molar-refractivity contribution < 1.29 is 18.3 Å². The van der Waals surface area contributed by atoms with Crippen LogP contribution in [0.5, 0.6) is 5.75 Å². The molecular weight excluding hydrogens is 266 g/mol. The van der Waals surface area contributed by atoms with Crippen molar-refractivity contribution in [1.82, 2.24) is 0 Å². The number of carbonyl (C=O) groups excluding carboxylic acids is 1. The highest BCUT2D eigenvalue weighted by Gasteiger charge is 2.13. The average molecular weight is 278 g/mol. The number of halogens is 2. The third-order valence-electron chi connectivity index (χ3n) is 2.71. The summed E-state index contributed by atoms with van der Waals surface area (Å²) in [6.45, 7) is 0. The third kappa shape index (κ3) is 2.69. The zero-order valence-corrected chi connectivity index (χ0v) is 10.6. The Labute approximate surface area is 114 Å². The van der Waals surface area contributed by atoms with Gasteiger partial charge < -0.3 is 15.8 Å². The molecule has 104 valence electrons. The Hall–Kier alpha value is -2.63. The van der Waals surface area contributed by atoms with Gasteiger partial charge >= 0.3 is 0 Å². The number of carbonyl (C=O) groups is 1. The molecular formula is C14H12F2N2O2. The molecule has 0 atom stereocenters. The van der Waals surface area contributed by atoms with Crippen molar-refractivity contribution in [3.8, 4) is 5.75 Å². The fourth-order valence-electron chi connectivity index (χ4n) is 1.67. The number of nitrogen functional groups attached to an aromatic ring is 1. The van der Waals surface area contributed by atoms with E-state index < -0.39 is 17.5 Å². The largest absolute Gasteiger partial charge is 0.494 e. The molecule has 0 aromatic heterocycles. The summed E-state index contributed by atoms with van der Waals surface area (Å²) in [6, 6.07) is 7.78. The summed E-state index contributed by atoms with van der Waals surface area (Å²) in [6.07, 6.45) is 0. The average Bonchev–Trinajstić information content (AvgIpc) is 2.43. The first-order valence-corrected chi connectivity index (χ1v) is 5.72. The van der Waals surface area contributed by atoms with Crippen molar-refractivity contribution >= 4 is 17.3 Å². The Kier molecular flexibility index (Phi) is 3.84. The number of nitrogens with one attached hydrogen (secondary N) is 1. The summed E-state index contributed by atoms with van der Waals surface area (Å²) in [7, 11) is 1.31. The van der Waals surface area contributed by atoms with Crippen molar-refractivity contribution in [3.63, 3.8) is 0 Å². The van der Waals surface area contributed by atoms with Gasteiger partial charge in [-0.25, -0.2) is 8.78 Å². The minimum atomic E-state index is -0.672. The minimum Gasteiger partial charge on any atom is -0.494 e. The smallest absolute Gasteiger partial charge is 0.257 e. The summed E-state index contributed by atoms with van der Waals surface area (Å²) in [5, 5.41) is 2.50. The van der Waals surface area contributed by atoms with Gasteiger partial charge in [0.1, 0.15) is 5.82 Å². The molecule has 20 heavy (non-hydrogen) atoms. The van der Waals surface area contributed by atoms with E-state index in [-0.39, 0.29) is 17.0 Å². The molecule has 1 amide bonds. The van der Waals surface area contributed by atoms with Crippen molar-refractivity contribution in [2.24, 2.45) is 0 Å². The van der Waals surface area contributed by atoms with Crippen molar-refractivity contribution in [3.05, 3.63) is 53.6 Å². The number of rotatable bonds is 3. The predicted molar refractivity (Wildman–Crippen MR) is 71.7 cm³/mol. The molecule has 4 nitrogen and oxygen atoms in total. The van der Waals surface area contributed by atoms with E-state index in [1.54, 1.807) is 0 Å². The highest BCUT2D eigenvalue weighted by atomic mass is 19.1. The molecule has 0 aliphatic carbocycles. The molecule has 2 aromatic rings. The zero-order valence-electron chi connectivity index (χ0n) is 10.6. The van der Waals surface area contributed by atoms with Gasteiger partial charge in [0.15, 0.2) is 11.6 Å². The van der Waals surface area contributed by atoms with E-state index in [1.807, 2.05) is 0 Å². The van der Waals surface area contributed by atoms with Crippen LogP contribution in [0.3, 0.4) is 0 Å². The van der Waals surface area contributed by atoms with Crippen LogP contribution >= 0.6 is 0 Å². The molecule has 2 rings (SSSR count). The fourth-order valence-corrected chi connectivity index (χ4v) is 1.67. The highest BCUT2D eigenvalue weighted by molar-refractivity contribution is 6.07. The number of anilines is 2. The van der Waals surface area contributed by atoms with E-state index in [1.165, 1.54) is 31.4 Å². The molecule has 6 heteroatoms. The van der Waals surface area contributed by atoms with Crippen LogP contribution in [0, 0.1) is 11.6 Å². The van der Waals surface area contributed by atoms with Crippen LogP contribution in [0.1, 0.15) is 10.4 Å². The standard InChI is InChI=1S/C14H12F2N2O2/c1-20-12-7-8(5-6-10(12)15)18-14(19)9-3-2-4-11(16)13(9)17/h2-7H,17H2,1H3,(H,18,19). The van der Waals surface area contributed by atoms with Crippen molar-refractivity contribution in [2.45, 2.75) is 0 Å². The second-order valence-corrected chi connectivity index (χ2v) is 4.00. The Morgan fingerprint density at radius 1 is 1.20 bits per heavy atom. The molecule has 0 aliphatic heterocycles. The zero-order chi connectivity index (χ0) is 14.7. The lowest BCUT2D eigenvalue weighted by Crippen LogP contribution is -2.14. The Morgan fingerprint density at radius 2 is 1.95 bits per heavy atom. The summed E-state index contributed by atoms with van der Waals surface area (Å²) in [5.41, 5.74) is 5.58. The second-order valence-electron chi connectivity index (χ2n) is 4.00. The van der Waals surface area contributed by atoms with Crippen molar-refractivity contribution in [2.75, 3.05) is 18.2 Å². The van der Waals surface area contributed by atoms with Gasteiger partial charge in [-0.3, -0.25) is 4.79 Å². The maximum atomic E-state index is 13.3. The molecule has 0 spiro atoms.